The van der Waals surface area contributed by atoms with Gasteiger partial charge in [-0.15, -0.1) is 0 Å². The third-order valence-electron chi connectivity index (χ3n) is 3.59. The molecule has 0 aliphatic rings. The monoisotopic (exact) mass is 272 g/mol. The molecule has 0 spiro atoms. The first-order valence-corrected chi connectivity index (χ1v) is 7.37. The normalized spacial score (nSPS) is 10.6. The topological polar surface area (TPSA) is 33.1 Å². The fourth-order valence-corrected chi connectivity index (χ4v) is 2.36. The summed E-state index contributed by atoms with van der Waals surface area (Å²) in [5, 5.41) is 3.42. The molecule has 4 nitrogen and oxygen atoms in total. The minimum atomic E-state index is 0.755. The fraction of sp³-hybridized carbons (Fsp3) is 0.438. The summed E-state index contributed by atoms with van der Waals surface area (Å²) in [7, 11) is 0. The van der Waals surface area contributed by atoms with E-state index in [-0.39, 0.29) is 0 Å². The molecular weight excluding hydrogens is 248 g/mol. The van der Waals surface area contributed by atoms with Crippen LogP contribution in [0.25, 0.3) is 0 Å². The van der Waals surface area contributed by atoms with Crippen LogP contribution in [0.15, 0.2) is 36.7 Å². The number of aromatic nitrogens is 2. The molecule has 0 fully saturated rings. The lowest BCUT2D eigenvalue weighted by atomic mass is 10.2. The van der Waals surface area contributed by atoms with Crippen LogP contribution in [0.5, 0.6) is 0 Å². The van der Waals surface area contributed by atoms with Crippen molar-refractivity contribution in [1.29, 1.82) is 0 Å². The Balaban J connectivity index is 1.97. The predicted molar refractivity (Wildman–Crippen MR) is 85.2 cm³/mol. The zero-order valence-corrected chi connectivity index (χ0v) is 12.6. The Labute approximate surface area is 121 Å². The van der Waals surface area contributed by atoms with Gasteiger partial charge >= 0.3 is 0 Å². The van der Waals surface area contributed by atoms with Crippen molar-refractivity contribution in [2.75, 3.05) is 23.3 Å². The highest BCUT2D eigenvalue weighted by atomic mass is 15.1. The second-order valence-electron chi connectivity index (χ2n) is 4.70. The van der Waals surface area contributed by atoms with Crippen molar-refractivity contribution >= 4 is 11.4 Å². The van der Waals surface area contributed by atoms with E-state index >= 15 is 0 Å². The van der Waals surface area contributed by atoms with Gasteiger partial charge in [0.25, 0.3) is 0 Å². The predicted octanol–water partition coefficient (Wildman–Crippen LogP) is 3.36. The first kappa shape index (κ1) is 14.4. The number of anilines is 2. The average molecular weight is 272 g/mol. The standard InChI is InChI=1S/C16H24N4/c1-4-19(5-2)15-9-7-14(8-10-15)18-13-16-17-11-12-20(16)6-3/h7-12,18H,4-6,13H2,1-3H3. The summed E-state index contributed by atoms with van der Waals surface area (Å²) in [4.78, 5) is 6.71. The van der Waals surface area contributed by atoms with Crippen LogP contribution in [0.1, 0.15) is 26.6 Å². The smallest absolute Gasteiger partial charge is 0.128 e. The SMILES string of the molecule is CCN(CC)c1ccc(NCc2nccn2CC)cc1. The van der Waals surface area contributed by atoms with Gasteiger partial charge in [0.1, 0.15) is 5.82 Å². The van der Waals surface area contributed by atoms with Gasteiger partial charge in [-0.1, -0.05) is 0 Å². The van der Waals surface area contributed by atoms with E-state index in [4.69, 9.17) is 0 Å². The molecule has 0 aliphatic carbocycles. The molecule has 1 N–H and O–H groups in total. The lowest BCUT2D eigenvalue weighted by molar-refractivity contribution is 0.708. The zero-order valence-electron chi connectivity index (χ0n) is 12.6. The summed E-state index contributed by atoms with van der Waals surface area (Å²) in [5.41, 5.74) is 2.40. The van der Waals surface area contributed by atoms with Gasteiger partial charge in [0.15, 0.2) is 0 Å². The van der Waals surface area contributed by atoms with Crippen molar-refractivity contribution in [3.8, 4) is 0 Å². The third kappa shape index (κ3) is 3.32. The Hall–Kier alpha value is -1.97. The molecule has 0 saturated carbocycles. The molecule has 0 aliphatic heterocycles. The number of imidazole rings is 1. The summed E-state index contributed by atoms with van der Waals surface area (Å²) in [6.07, 6.45) is 3.87. The summed E-state index contributed by atoms with van der Waals surface area (Å²) in [6.45, 7) is 10.3. The van der Waals surface area contributed by atoms with Crippen molar-refractivity contribution in [3.05, 3.63) is 42.5 Å². The molecular formula is C16H24N4. The molecule has 1 aromatic heterocycles. The molecule has 0 atom stereocenters. The molecule has 4 heteroatoms. The Morgan fingerprint density at radius 1 is 1.10 bits per heavy atom. The van der Waals surface area contributed by atoms with Gasteiger partial charge in [0, 0.05) is 43.4 Å². The second-order valence-corrected chi connectivity index (χ2v) is 4.70. The average Bonchev–Trinajstić information content (AvgIpc) is 2.95. The van der Waals surface area contributed by atoms with E-state index in [9.17, 15) is 0 Å². The largest absolute Gasteiger partial charge is 0.378 e. The highest BCUT2D eigenvalue weighted by Gasteiger charge is 2.03. The van der Waals surface area contributed by atoms with Crippen LogP contribution in [-0.2, 0) is 13.1 Å². The van der Waals surface area contributed by atoms with Gasteiger partial charge in [-0.2, -0.15) is 0 Å². The molecule has 0 unspecified atom stereocenters. The van der Waals surface area contributed by atoms with E-state index in [0.29, 0.717) is 0 Å². The van der Waals surface area contributed by atoms with E-state index < -0.39 is 0 Å². The van der Waals surface area contributed by atoms with Gasteiger partial charge in [-0.3, -0.25) is 0 Å². The van der Waals surface area contributed by atoms with Gasteiger partial charge in [0.05, 0.1) is 6.54 Å². The van der Waals surface area contributed by atoms with Crippen molar-refractivity contribution in [1.82, 2.24) is 9.55 Å². The summed E-state index contributed by atoms with van der Waals surface area (Å²) in [6, 6.07) is 8.60. The molecule has 20 heavy (non-hydrogen) atoms. The van der Waals surface area contributed by atoms with Gasteiger partial charge < -0.3 is 14.8 Å². The minimum Gasteiger partial charge on any atom is -0.378 e. The van der Waals surface area contributed by atoms with E-state index in [2.05, 4.69) is 64.8 Å². The third-order valence-corrected chi connectivity index (χ3v) is 3.59. The number of nitrogens with zero attached hydrogens (tertiary/aromatic N) is 3. The number of hydrogen-bond acceptors (Lipinski definition) is 3. The minimum absolute atomic E-state index is 0.755. The highest BCUT2D eigenvalue weighted by molar-refractivity contribution is 5.55. The maximum atomic E-state index is 4.37. The van der Waals surface area contributed by atoms with Crippen LogP contribution in [-0.4, -0.2) is 22.6 Å². The van der Waals surface area contributed by atoms with E-state index in [1.54, 1.807) is 0 Å². The first-order valence-electron chi connectivity index (χ1n) is 7.37. The summed E-state index contributed by atoms with van der Waals surface area (Å²) >= 11 is 0. The van der Waals surface area contributed by atoms with Gasteiger partial charge in [0.2, 0.25) is 0 Å². The summed E-state index contributed by atoms with van der Waals surface area (Å²) < 4.78 is 2.15. The Kier molecular flexibility index (Phi) is 5.04. The molecule has 0 bridgehead atoms. The van der Waals surface area contributed by atoms with Crippen molar-refractivity contribution in [2.45, 2.75) is 33.9 Å². The maximum absolute atomic E-state index is 4.37. The summed E-state index contributed by atoms with van der Waals surface area (Å²) in [5.74, 6) is 1.07. The number of benzene rings is 1. The molecule has 0 amide bonds. The van der Waals surface area contributed by atoms with Crippen molar-refractivity contribution in [2.24, 2.45) is 0 Å². The molecule has 1 aromatic carbocycles. The first-order chi connectivity index (χ1) is 9.78. The van der Waals surface area contributed by atoms with Crippen LogP contribution in [0, 0.1) is 0 Å². The molecule has 0 radical (unpaired) electrons. The number of aryl methyl sites for hydroxylation is 1. The van der Waals surface area contributed by atoms with Gasteiger partial charge in [-0.25, -0.2) is 4.98 Å². The van der Waals surface area contributed by atoms with Crippen LogP contribution >= 0.6 is 0 Å². The van der Waals surface area contributed by atoms with E-state index in [1.165, 1.54) is 5.69 Å². The number of rotatable bonds is 7. The second kappa shape index (κ2) is 6.98. The lowest BCUT2D eigenvalue weighted by Crippen LogP contribution is -2.21. The molecule has 2 aromatic rings. The van der Waals surface area contributed by atoms with Gasteiger partial charge in [-0.05, 0) is 45.0 Å². The maximum Gasteiger partial charge on any atom is 0.128 e. The molecule has 108 valence electrons. The van der Waals surface area contributed by atoms with Crippen LogP contribution < -0.4 is 10.2 Å². The zero-order chi connectivity index (χ0) is 14.4. The lowest BCUT2D eigenvalue weighted by Gasteiger charge is -2.21. The number of hydrogen-bond donors (Lipinski definition) is 1. The molecule has 1 heterocycles. The number of nitrogens with one attached hydrogen (secondary N) is 1. The Bertz CT molecular complexity index is 512. The highest BCUT2D eigenvalue weighted by Crippen LogP contribution is 2.18. The van der Waals surface area contributed by atoms with Crippen molar-refractivity contribution < 1.29 is 0 Å². The molecule has 2 rings (SSSR count). The quantitative estimate of drug-likeness (QED) is 0.839. The van der Waals surface area contributed by atoms with E-state index in [0.717, 1.165) is 37.7 Å². The van der Waals surface area contributed by atoms with Crippen molar-refractivity contribution in [3.63, 3.8) is 0 Å². The fourth-order valence-electron chi connectivity index (χ4n) is 2.36. The van der Waals surface area contributed by atoms with Crippen LogP contribution in [0.4, 0.5) is 11.4 Å². The molecule has 0 saturated heterocycles. The van der Waals surface area contributed by atoms with E-state index in [1.807, 2.05) is 12.4 Å². The Morgan fingerprint density at radius 3 is 2.40 bits per heavy atom. The van der Waals surface area contributed by atoms with Crippen LogP contribution in [0.3, 0.4) is 0 Å². The van der Waals surface area contributed by atoms with Crippen LogP contribution in [0.2, 0.25) is 0 Å². The Morgan fingerprint density at radius 2 is 1.80 bits per heavy atom.